The van der Waals surface area contributed by atoms with Crippen LogP contribution in [0.15, 0.2) is 17.0 Å². The quantitative estimate of drug-likeness (QED) is 0.589. The average molecular weight is 195 g/mol. The lowest BCUT2D eigenvalue weighted by Gasteiger charge is -2.02. The predicted octanol–water partition coefficient (Wildman–Crippen LogP) is 1.25. The summed E-state index contributed by atoms with van der Waals surface area (Å²) >= 11 is 3.84. The van der Waals surface area contributed by atoms with E-state index in [1.54, 1.807) is 6.07 Å². The molecule has 0 heterocycles. The van der Waals surface area contributed by atoms with E-state index in [0.717, 1.165) is 6.07 Å². The van der Waals surface area contributed by atoms with Gasteiger partial charge in [-0.2, -0.15) is 5.26 Å². The molecule has 0 spiro atoms. The fourth-order valence-electron chi connectivity index (χ4n) is 0.895. The molecule has 0 amide bonds. The van der Waals surface area contributed by atoms with Crippen molar-refractivity contribution in [2.75, 3.05) is 0 Å². The molecule has 0 aromatic heterocycles. The number of nitrogens with zero attached hydrogens (tertiary/aromatic N) is 1. The standard InChI is InChI=1S/C8H5NO3S/c9-3-4-1-5(10)7(8(11)12)6(13)2-4/h1-2,10,13H,(H,11,12). The molecule has 0 atom stereocenters. The summed E-state index contributed by atoms with van der Waals surface area (Å²) in [5, 5.41) is 26.3. The van der Waals surface area contributed by atoms with Gasteiger partial charge in [0.15, 0.2) is 0 Å². The molecule has 0 aliphatic carbocycles. The number of hydrogen-bond donors (Lipinski definition) is 3. The van der Waals surface area contributed by atoms with E-state index in [-0.39, 0.29) is 16.0 Å². The van der Waals surface area contributed by atoms with E-state index >= 15 is 0 Å². The molecule has 1 aromatic rings. The van der Waals surface area contributed by atoms with Crippen molar-refractivity contribution >= 4 is 18.6 Å². The van der Waals surface area contributed by atoms with Crippen LogP contribution >= 0.6 is 12.6 Å². The minimum absolute atomic E-state index is 0.0732. The van der Waals surface area contributed by atoms with E-state index in [4.69, 9.17) is 10.4 Å². The minimum Gasteiger partial charge on any atom is -0.507 e. The zero-order valence-electron chi connectivity index (χ0n) is 6.35. The van der Waals surface area contributed by atoms with Crippen molar-refractivity contribution in [3.05, 3.63) is 23.3 Å². The van der Waals surface area contributed by atoms with Crippen LogP contribution in [0.1, 0.15) is 15.9 Å². The highest BCUT2D eigenvalue weighted by Gasteiger charge is 2.14. The first-order chi connectivity index (χ1) is 6.06. The molecule has 0 radical (unpaired) electrons. The van der Waals surface area contributed by atoms with E-state index in [2.05, 4.69) is 12.6 Å². The Balaban J connectivity index is 3.42. The van der Waals surface area contributed by atoms with Crippen LogP contribution in [0.5, 0.6) is 5.75 Å². The second kappa shape index (κ2) is 3.37. The maximum absolute atomic E-state index is 10.6. The van der Waals surface area contributed by atoms with Crippen LogP contribution < -0.4 is 0 Å². The predicted molar refractivity (Wildman–Crippen MR) is 47.0 cm³/mol. The first-order valence-corrected chi connectivity index (χ1v) is 3.70. The van der Waals surface area contributed by atoms with Gasteiger partial charge in [-0.1, -0.05) is 0 Å². The average Bonchev–Trinajstić information content (AvgIpc) is 2.02. The molecule has 1 rings (SSSR count). The third-order valence-corrected chi connectivity index (χ3v) is 1.79. The molecular formula is C8H5NO3S. The number of carboxylic acid groups (broad SMARTS) is 1. The van der Waals surface area contributed by atoms with E-state index < -0.39 is 11.7 Å². The number of carbonyl (C=O) groups is 1. The van der Waals surface area contributed by atoms with Gasteiger partial charge in [-0.05, 0) is 12.1 Å². The molecule has 4 nitrogen and oxygen atoms in total. The van der Waals surface area contributed by atoms with Gasteiger partial charge in [-0.25, -0.2) is 4.79 Å². The summed E-state index contributed by atoms with van der Waals surface area (Å²) in [5.74, 6) is -1.72. The Hall–Kier alpha value is -1.67. The monoisotopic (exact) mass is 195 g/mol. The van der Waals surface area contributed by atoms with Crippen LogP contribution in [0.25, 0.3) is 0 Å². The molecule has 0 saturated heterocycles. The smallest absolute Gasteiger partial charge is 0.340 e. The molecule has 13 heavy (non-hydrogen) atoms. The van der Waals surface area contributed by atoms with Gasteiger partial charge in [0.05, 0.1) is 11.6 Å². The highest BCUT2D eigenvalue weighted by Crippen LogP contribution is 2.25. The number of aromatic hydroxyl groups is 1. The van der Waals surface area contributed by atoms with Crippen molar-refractivity contribution in [2.24, 2.45) is 0 Å². The Bertz CT molecular complexity index is 385. The lowest BCUT2D eigenvalue weighted by Crippen LogP contribution is -1.99. The molecule has 66 valence electrons. The van der Waals surface area contributed by atoms with Gasteiger partial charge in [0.25, 0.3) is 0 Å². The van der Waals surface area contributed by atoms with E-state index in [9.17, 15) is 9.90 Å². The van der Waals surface area contributed by atoms with Crippen LogP contribution in [-0.4, -0.2) is 16.2 Å². The van der Waals surface area contributed by atoms with E-state index in [0.29, 0.717) is 0 Å². The van der Waals surface area contributed by atoms with Gasteiger partial charge in [-0.3, -0.25) is 0 Å². The topological polar surface area (TPSA) is 81.3 Å². The molecule has 0 fully saturated rings. The molecule has 0 aliphatic heterocycles. The van der Waals surface area contributed by atoms with Gasteiger partial charge < -0.3 is 10.2 Å². The fourth-order valence-corrected chi connectivity index (χ4v) is 1.24. The van der Waals surface area contributed by atoms with Crippen LogP contribution in [0.4, 0.5) is 0 Å². The van der Waals surface area contributed by atoms with Crippen LogP contribution in [0.2, 0.25) is 0 Å². The Morgan fingerprint density at radius 1 is 1.54 bits per heavy atom. The molecule has 1 aromatic carbocycles. The lowest BCUT2D eigenvalue weighted by atomic mass is 10.1. The van der Waals surface area contributed by atoms with Crippen molar-refractivity contribution in [1.82, 2.24) is 0 Å². The Labute approximate surface area is 79.5 Å². The van der Waals surface area contributed by atoms with Crippen molar-refractivity contribution in [3.8, 4) is 11.8 Å². The second-order valence-electron chi connectivity index (χ2n) is 2.31. The summed E-state index contributed by atoms with van der Waals surface area (Å²) in [6.45, 7) is 0. The summed E-state index contributed by atoms with van der Waals surface area (Å²) in [5.41, 5.74) is -0.116. The SMILES string of the molecule is N#Cc1cc(O)c(C(=O)O)c(S)c1. The Kier molecular flexibility index (Phi) is 2.44. The van der Waals surface area contributed by atoms with Crippen molar-refractivity contribution < 1.29 is 15.0 Å². The highest BCUT2D eigenvalue weighted by atomic mass is 32.1. The maximum Gasteiger partial charge on any atom is 0.340 e. The van der Waals surface area contributed by atoms with E-state index in [1.165, 1.54) is 6.07 Å². The summed E-state index contributed by atoms with van der Waals surface area (Å²) in [4.78, 5) is 10.6. The Morgan fingerprint density at radius 3 is 2.54 bits per heavy atom. The summed E-state index contributed by atoms with van der Waals surface area (Å²) in [7, 11) is 0. The first kappa shape index (κ1) is 9.42. The summed E-state index contributed by atoms with van der Waals surface area (Å²) in [6.07, 6.45) is 0. The van der Waals surface area contributed by atoms with Gasteiger partial charge in [0.1, 0.15) is 11.3 Å². The molecule has 0 aliphatic rings. The number of rotatable bonds is 1. The third kappa shape index (κ3) is 1.73. The van der Waals surface area contributed by atoms with Gasteiger partial charge in [0.2, 0.25) is 0 Å². The van der Waals surface area contributed by atoms with Crippen LogP contribution in [0, 0.1) is 11.3 Å². The van der Waals surface area contributed by atoms with Crippen molar-refractivity contribution in [3.63, 3.8) is 0 Å². The molecule has 0 unspecified atom stereocenters. The van der Waals surface area contributed by atoms with Gasteiger partial charge in [0, 0.05) is 4.90 Å². The number of benzene rings is 1. The van der Waals surface area contributed by atoms with E-state index in [1.807, 2.05) is 0 Å². The number of phenols is 1. The van der Waals surface area contributed by atoms with Crippen LogP contribution in [0.3, 0.4) is 0 Å². The summed E-state index contributed by atoms with van der Waals surface area (Å²) in [6, 6.07) is 4.14. The largest absolute Gasteiger partial charge is 0.507 e. The van der Waals surface area contributed by atoms with Crippen LogP contribution in [-0.2, 0) is 0 Å². The number of hydrogen-bond acceptors (Lipinski definition) is 4. The molecule has 2 N–H and O–H groups in total. The van der Waals surface area contributed by atoms with Crippen molar-refractivity contribution in [2.45, 2.75) is 4.90 Å². The number of aromatic carboxylic acids is 1. The lowest BCUT2D eigenvalue weighted by molar-refractivity contribution is 0.0690. The molecule has 0 saturated carbocycles. The minimum atomic E-state index is -1.27. The third-order valence-electron chi connectivity index (χ3n) is 1.44. The zero-order valence-corrected chi connectivity index (χ0v) is 7.25. The fraction of sp³-hybridized carbons (Fsp3) is 0. The Morgan fingerprint density at radius 2 is 2.15 bits per heavy atom. The molecule has 5 heteroatoms. The summed E-state index contributed by atoms with van der Waals surface area (Å²) < 4.78 is 0. The van der Waals surface area contributed by atoms with Gasteiger partial charge in [-0.15, -0.1) is 12.6 Å². The first-order valence-electron chi connectivity index (χ1n) is 3.25. The number of nitriles is 1. The molecule has 0 bridgehead atoms. The maximum atomic E-state index is 10.6. The van der Waals surface area contributed by atoms with Gasteiger partial charge >= 0.3 is 5.97 Å². The zero-order chi connectivity index (χ0) is 10.0. The highest BCUT2D eigenvalue weighted by molar-refractivity contribution is 7.80. The number of carboxylic acids is 1. The second-order valence-corrected chi connectivity index (χ2v) is 2.79. The molecular weight excluding hydrogens is 190 g/mol. The van der Waals surface area contributed by atoms with Crippen molar-refractivity contribution in [1.29, 1.82) is 5.26 Å². The normalized spacial score (nSPS) is 9.23. The number of thiol groups is 1.